The van der Waals surface area contributed by atoms with Gasteiger partial charge in [-0.05, 0) is 24.6 Å². The summed E-state index contributed by atoms with van der Waals surface area (Å²) in [7, 11) is 1.67. The summed E-state index contributed by atoms with van der Waals surface area (Å²) in [6.07, 6.45) is 1.80. The van der Waals surface area contributed by atoms with E-state index in [2.05, 4.69) is 18.0 Å². The molecule has 106 valence electrons. The average molecular weight is 278 g/mol. The molecular weight excluding hydrogens is 260 g/mol. The number of pyridine rings is 1. The molecular formula is C18H18N2O. The van der Waals surface area contributed by atoms with Crippen LogP contribution in [0.15, 0.2) is 54.7 Å². The Labute approximate surface area is 124 Å². The van der Waals surface area contributed by atoms with Crippen LogP contribution in [0.25, 0.3) is 10.9 Å². The minimum absolute atomic E-state index is 0.265. The summed E-state index contributed by atoms with van der Waals surface area (Å²) >= 11 is 0. The number of hydrogen-bond acceptors (Lipinski definition) is 3. The van der Waals surface area contributed by atoms with Gasteiger partial charge in [-0.25, -0.2) is 0 Å². The highest BCUT2D eigenvalue weighted by atomic mass is 16.5. The van der Waals surface area contributed by atoms with Gasteiger partial charge in [0.1, 0.15) is 5.75 Å². The maximum atomic E-state index is 6.51. The van der Waals surface area contributed by atoms with Crippen LogP contribution in [-0.2, 0) is 0 Å². The minimum Gasteiger partial charge on any atom is -0.496 e. The zero-order valence-electron chi connectivity index (χ0n) is 12.2. The number of para-hydroxylation sites is 1. The predicted molar refractivity (Wildman–Crippen MR) is 85.5 cm³/mol. The largest absolute Gasteiger partial charge is 0.496 e. The molecule has 3 aromatic rings. The van der Waals surface area contributed by atoms with Crippen molar-refractivity contribution in [3.8, 4) is 5.75 Å². The zero-order valence-corrected chi connectivity index (χ0v) is 12.2. The summed E-state index contributed by atoms with van der Waals surface area (Å²) in [5.74, 6) is 0.807. The van der Waals surface area contributed by atoms with Crippen molar-refractivity contribution in [1.82, 2.24) is 4.98 Å². The summed E-state index contributed by atoms with van der Waals surface area (Å²) in [5, 5.41) is 1.09. The first-order valence-corrected chi connectivity index (χ1v) is 6.94. The molecule has 0 spiro atoms. The molecule has 1 heterocycles. The number of rotatable bonds is 3. The second-order valence-electron chi connectivity index (χ2n) is 5.15. The van der Waals surface area contributed by atoms with Crippen molar-refractivity contribution >= 4 is 10.9 Å². The number of ether oxygens (including phenoxy) is 1. The van der Waals surface area contributed by atoms with Gasteiger partial charge in [0.2, 0.25) is 0 Å². The maximum absolute atomic E-state index is 6.51. The summed E-state index contributed by atoms with van der Waals surface area (Å²) < 4.78 is 5.45. The van der Waals surface area contributed by atoms with Crippen LogP contribution in [0.2, 0.25) is 0 Å². The third-order valence-corrected chi connectivity index (χ3v) is 3.72. The molecule has 1 aromatic heterocycles. The number of hydrogen-bond donors (Lipinski definition) is 1. The molecule has 2 aromatic carbocycles. The van der Waals surface area contributed by atoms with Gasteiger partial charge >= 0.3 is 0 Å². The third kappa shape index (κ3) is 2.48. The summed E-state index contributed by atoms with van der Waals surface area (Å²) in [6.45, 7) is 2.05. The van der Waals surface area contributed by atoms with Gasteiger partial charge in [-0.1, -0.05) is 42.0 Å². The number of benzene rings is 2. The lowest BCUT2D eigenvalue weighted by atomic mass is 9.95. The van der Waals surface area contributed by atoms with Gasteiger partial charge in [0.15, 0.2) is 0 Å². The van der Waals surface area contributed by atoms with Gasteiger partial charge in [0.25, 0.3) is 0 Å². The number of nitrogens with zero attached hydrogens (tertiary/aromatic N) is 1. The SMILES string of the molecule is COc1ccc(C)cc1C(N)c1cccc2cccnc12. The van der Waals surface area contributed by atoms with Crippen LogP contribution in [0.4, 0.5) is 0 Å². The Morgan fingerprint density at radius 2 is 1.86 bits per heavy atom. The van der Waals surface area contributed by atoms with Gasteiger partial charge in [0.05, 0.1) is 18.7 Å². The number of fused-ring (bicyclic) bond motifs is 1. The smallest absolute Gasteiger partial charge is 0.123 e. The zero-order chi connectivity index (χ0) is 14.8. The summed E-state index contributed by atoms with van der Waals surface area (Å²) in [5.41, 5.74) is 10.6. The van der Waals surface area contributed by atoms with Gasteiger partial charge in [0, 0.05) is 17.1 Å². The van der Waals surface area contributed by atoms with E-state index in [-0.39, 0.29) is 6.04 Å². The van der Waals surface area contributed by atoms with Crippen molar-refractivity contribution < 1.29 is 4.74 Å². The van der Waals surface area contributed by atoms with Crippen molar-refractivity contribution in [2.45, 2.75) is 13.0 Å². The van der Waals surface area contributed by atoms with Crippen LogP contribution in [0.3, 0.4) is 0 Å². The molecule has 0 aliphatic heterocycles. The van der Waals surface area contributed by atoms with Gasteiger partial charge in [-0.2, -0.15) is 0 Å². The van der Waals surface area contributed by atoms with Crippen molar-refractivity contribution in [1.29, 1.82) is 0 Å². The first-order chi connectivity index (χ1) is 10.2. The number of aryl methyl sites for hydroxylation is 1. The quantitative estimate of drug-likeness (QED) is 0.796. The molecule has 21 heavy (non-hydrogen) atoms. The summed E-state index contributed by atoms with van der Waals surface area (Å²) in [4.78, 5) is 4.48. The normalized spacial score (nSPS) is 12.3. The molecule has 0 bridgehead atoms. The first kappa shape index (κ1) is 13.6. The molecule has 0 saturated heterocycles. The number of methoxy groups -OCH3 is 1. The predicted octanol–water partition coefficient (Wildman–Crippen LogP) is 3.60. The molecule has 0 saturated carbocycles. The molecule has 0 amide bonds. The number of nitrogens with two attached hydrogens (primary N) is 1. The summed E-state index contributed by atoms with van der Waals surface area (Å²) in [6, 6.07) is 15.9. The Hall–Kier alpha value is -2.39. The Morgan fingerprint density at radius 3 is 2.67 bits per heavy atom. The number of aromatic nitrogens is 1. The Morgan fingerprint density at radius 1 is 1.05 bits per heavy atom. The van der Waals surface area contributed by atoms with Crippen LogP contribution in [0, 0.1) is 6.92 Å². The van der Waals surface area contributed by atoms with Crippen LogP contribution in [-0.4, -0.2) is 12.1 Å². The van der Waals surface area contributed by atoms with Gasteiger partial charge < -0.3 is 10.5 Å². The molecule has 3 nitrogen and oxygen atoms in total. The van der Waals surface area contributed by atoms with Crippen molar-refractivity contribution in [2.24, 2.45) is 5.73 Å². The van der Waals surface area contributed by atoms with Crippen molar-refractivity contribution in [3.63, 3.8) is 0 Å². The van der Waals surface area contributed by atoms with E-state index in [0.717, 1.165) is 33.3 Å². The average Bonchev–Trinajstić information content (AvgIpc) is 2.53. The highest BCUT2D eigenvalue weighted by Crippen LogP contribution is 2.32. The fourth-order valence-corrected chi connectivity index (χ4v) is 2.64. The molecule has 1 atom stereocenters. The Bertz CT molecular complexity index is 778. The van der Waals surface area contributed by atoms with Crippen LogP contribution >= 0.6 is 0 Å². The van der Waals surface area contributed by atoms with E-state index >= 15 is 0 Å². The van der Waals surface area contributed by atoms with Crippen molar-refractivity contribution in [2.75, 3.05) is 7.11 Å². The monoisotopic (exact) mass is 278 g/mol. The standard InChI is InChI=1S/C18H18N2O/c1-12-8-9-16(21-2)15(11-12)17(19)14-7-3-5-13-6-4-10-20-18(13)14/h3-11,17H,19H2,1-2H3. The highest BCUT2D eigenvalue weighted by Gasteiger charge is 2.17. The molecule has 0 radical (unpaired) electrons. The van der Waals surface area contributed by atoms with Crippen molar-refractivity contribution in [3.05, 3.63) is 71.4 Å². The second-order valence-corrected chi connectivity index (χ2v) is 5.15. The lowest BCUT2D eigenvalue weighted by molar-refractivity contribution is 0.408. The fraction of sp³-hybridized carbons (Fsp3) is 0.167. The van der Waals surface area contributed by atoms with Gasteiger partial charge in [-0.15, -0.1) is 0 Å². The van der Waals surface area contributed by atoms with Crippen LogP contribution in [0.1, 0.15) is 22.7 Å². The van der Waals surface area contributed by atoms with Crippen LogP contribution < -0.4 is 10.5 Å². The topological polar surface area (TPSA) is 48.1 Å². The van der Waals surface area contributed by atoms with E-state index in [1.54, 1.807) is 13.3 Å². The van der Waals surface area contributed by atoms with Gasteiger partial charge in [-0.3, -0.25) is 4.98 Å². The van der Waals surface area contributed by atoms with E-state index < -0.39 is 0 Å². The maximum Gasteiger partial charge on any atom is 0.123 e. The molecule has 0 fully saturated rings. The van der Waals surface area contributed by atoms with E-state index in [1.165, 1.54) is 0 Å². The van der Waals surface area contributed by atoms with Crippen LogP contribution in [0.5, 0.6) is 5.75 Å². The molecule has 3 heteroatoms. The molecule has 3 rings (SSSR count). The minimum atomic E-state index is -0.265. The second kappa shape index (κ2) is 5.54. The molecule has 1 unspecified atom stereocenters. The van der Waals surface area contributed by atoms with E-state index in [9.17, 15) is 0 Å². The fourth-order valence-electron chi connectivity index (χ4n) is 2.64. The van der Waals surface area contributed by atoms with E-state index in [0.29, 0.717) is 0 Å². The Kier molecular flexibility index (Phi) is 3.59. The molecule has 0 aliphatic rings. The highest BCUT2D eigenvalue weighted by molar-refractivity contribution is 5.82. The molecule has 0 aliphatic carbocycles. The Balaban J connectivity index is 2.17. The molecule has 2 N–H and O–H groups in total. The lowest BCUT2D eigenvalue weighted by Crippen LogP contribution is -2.14. The lowest BCUT2D eigenvalue weighted by Gasteiger charge is -2.18. The van der Waals surface area contributed by atoms with E-state index in [1.807, 2.05) is 42.5 Å². The van der Waals surface area contributed by atoms with E-state index in [4.69, 9.17) is 10.5 Å². The first-order valence-electron chi connectivity index (χ1n) is 6.94. The third-order valence-electron chi connectivity index (χ3n) is 3.72.